The molecule has 0 amide bonds. The summed E-state index contributed by atoms with van der Waals surface area (Å²) in [4.78, 5) is 10.4. The summed E-state index contributed by atoms with van der Waals surface area (Å²) in [6, 6.07) is 0. The van der Waals surface area contributed by atoms with Gasteiger partial charge < -0.3 is 9.90 Å². The molecule has 1 aliphatic carbocycles. The zero-order chi connectivity index (χ0) is 7.61. The summed E-state index contributed by atoms with van der Waals surface area (Å²) in [5.41, 5.74) is -0.487. The predicted molar refractivity (Wildman–Crippen MR) is 38.6 cm³/mol. The lowest BCUT2D eigenvalue weighted by Crippen LogP contribution is -2.17. The van der Waals surface area contributed by atoms with Crippen molar-refractivity contribution in [2.24, 2.45) is 5.41 Å². The van der Waals surface area contributed by atoms with Crippen LogP contribution in [-0.4, -0.2) is 11.4 Å². The van der Waals surface area contributed by atoms with Crippen LogP contribution in [0.15, 0.2) is 24.0 Å². The van der Waals surface area contributed by atoms with Gasteiger partial charge in [0.15, 0.2) is 0 Å². The maximum absolute atomic E-state index is 10.4. The Kier molecular flexibility index (Phi) is 1.62. The van der Waals surface area contributed by atoms with Gasteiger partial charge in [-0.3, -0.25) is 0 Å². The quantitative estimate of drug-likeness (QED) is 0.559. The van der Waals surface area contributed by atoms with Crippen molar-refractivity contribution in [2.45, 2.75) is 13.3 Å². The number of aldehydes is 1. The number of aliphatic hydroxyl groups excluding tert-OH is 1. The van der Waals surface area contributed by atoms with E-state index in [0.717, 1.165) is 6.29 Å². The summed E-state index contributed by atoms with van der Waals surface area (Å²) >= 11 is 0. The summed E-state index contributed by atoms with van der Waals surface area (Å²) in [6.07, 6.45) is 6.37. The van der Waals surface area contributed by atoms with Crippen molar-refractivity contribution in [3.8, 4) is 0 Å². The predicted octanol–water partition coefficient (Wildman–Crippen LogP) is 1.59. The minimum absolute atomic E-state index is 0.275. The molecule has 0 heterocycles. The van der Waals surface area contributed by atoms with Crippen LogP contribution < -0.4 is 0 Å². The molecule has 0 aromatic carbocycles. The van der Waals surface area contributed by atoms with Gasteiger partial charge in [-0.05, 0) is 13.0 Å². The summed E-state index contributed by atoms with van der Waals surface area (Å²) in [6.45, 7) is 1.79. The first kappa shape index (κ1) is 7.06. The van der Waals surface area contributed by atoms with E-state index in [4.69, 9.17) is 5.11 Å². The largest absolute Gasteiger partial charge is 0.512 e. The number of rotatable bonds is 1. The second-order valence-corrected chi connectivity index (χ2v) is 2.82. The van der Waals surface area contributed by atoms with E-state index in [9.17, 15) is 4.79 Å². The summed E-state index contributed by atoms with van der Waals surface area (Å²) in [5, 5.41) is 9.03. The molecule has 54 valence electrons. The molecule has 0 saturated carbocycles. The summed E-state index contributed by atoms with van der Waals surface area (Å²) in [7, 11) is 0. The second kappa shape index (κ2) is 2.29. The number of hydrogen-bond donors (Lipinski definition) is 1. The van der Waals surface area contributed by atoms with Gasteiger partial charge in [-0.25, -0.2) is 0 Å². The van der Waals surface area contributed by atoms with Crippen molar-refractivity contribution >= 4 is 6.29 Å². The summed E-state index contributed by atoms with van der Waals surface area (Å²) < 4.78 is 0. The van der Waals surface area contributed by atoms with Gasteiger partial charge >= 0.3 is 0 Å². The molecule has 0 bridgehead atoms. The molecule has 0 radical (unpaired) electrons. The van der Waals surface area contributed by atoms with E-state index in [2.05, 4.69) is 0 Å². The lowest BCUT2D eigenvalue weighted by molar-refractivity contribution is -0.113. The van der Waals surface area contributed by atoms with Gasteiger partial charge in [-0.1, -0.05) is 12.2 Å². The van der Waals surface area contributed by atoms with Gasteiger partial charge in [-0.2, -0.15) is 0 Å². The fourth-order valence-electron chi connectivity index (χ4n) is 0.968. The zero-order valence-electron chi connectivity index (χ0n) is 5.87. The molecule has 2 heteroatoms. The van der Waals surface area contributed by atoms with Crippen LogP contribution in [0, 0.1) is 5.41 Å². The SMILES string of the molecule is CC1(C=O)C=CC=C(O)C1. The van der Waals surface area contributed by atoms with E-state index in [0.29, 0.717) is 6.42 Å². The first-order chi connectivity index (χ1) is 4.66. The number of aliphatic hydroxyl groups is 1. The normalized spacial score (nSPS) is 31.5. The van der Waals surface area contributed by atoms with Crippen LogP contribution in [0.3, 0.4) is 0 Å². The van der Waals surface area contributed by atoms with Crippen LogP contribution >= 0.6 is 0 Å². The fraction of sp³-hybridized carbons (Fsp3) is 0.375. The lowest BCUT2D eigenvalue weighted by Gasteiger charge is -2.19. The highest BCUT2D eigenvalue weighted by molar-refractivity contribution is 5.63. The minimum Gasteiger partial charge on any atom is -0.512 e. The van der Waals surface area contributed by atoms with Gasteiger partial charge in [0, 0.05) is 11.8 Å². The Morgan fingerprint density at radius 1 is 1.80 bits per heavy atom. The van der Waals surface area contributed by atoms with E-state index in [1.165, 1.54) is 0 Å². The molecule has 1 aliphatic rings. The van der Waals surface area contributed by atoms with Crippen molar-refractivity contribution < 1.29 is 9.90 Å². The highest BCUT2D eigenvalue weighted by atomic mass is 16.3. The van der Waals surface area contributed by atoms with E-state index >= 15 is 0 Å². The van der Waals surface area contributed by atoms with Crippen LogP contribution in [0.5, 0.6) is 0 Å². The van der Waals surface area contributed by atoms with Gasteiger partial charge in [0.05, 0.1) is 5.76 Å². The highest BCUT2D eigenvalue weighted by Gasteiger charge is 2.23. The molecule has 10 heavy (non-hydrogen) atoms. The van der Waals surface area contributed by atoms with Crippen LogP contribution in [-0.2, 0) is 4.79 Å². The first-order valence-electron chi connectivity index (χ1n) is 3.20. The Bertz CT molecular complexity index is 203. The fourth-order valence-corrected chi connectivity index (χ4v) is 0.968. The van der Waals surface area contributed by atoms with Crippen LogP contribution in [0.25, 0.3) is 0 Å². The molecule has 1 unspecified atom stereocenters. The molecule has 2 nitrogen and oxygen atoms in total. The Morgan fingerprint density at radius 2 is 2.50 bits per heavy atom. The third-order valence-corrected chi connectivity index (χ3v) is 1.60. The lowest BCUT2D eigenvalue weighted by atomic mass is 9.85. The Balaban J connectivity index is 2.80. The monoisotopic (exact) mass is 138 g/mol. The first-order valence-corrected chi connectivity index (χ1v) is 3.20. The standard InChI is InChI=1S/C8H10O2/c1-8(6-9)4-2-3-7(10)5-8/h2-4,6,10H,5H2,1H3. The molecule has 1 N–H and O–H groups in total. The average Bonchev–Trinajstić information content (AvgIpc) is 1.88. The molecular weight excluding hydrogens is 128 g/mol. The molecule has 0 fully saturated rings. The molecule has 1 atom stereocenters. The Hall–Kier alpha value is -1.05. The molecular formula is C8H10O2. The summed E-state index contributed by atoms with van der Waals surface area (Å²) in [5.74, 6) is 0.275. The molecule has 1 rings (SSSR count). The van der Waals surface area contributed by atoms with Gasteiger partial charge in [0.25, 0.3) is 0 Å². The smallest absolute Gasteiger partial charge is 0.130 e. The number of allylic oxidation sites excluding steroid dienone is 4. The van der Waals surface area contributed by atoms with Crippen LogP contribution in [0.2, 0.25) is 0 Å². The van der Waals surface area contributed by atoms with Crippen molar-refractivity contribution in [3.63, 3.8) is 0 Å². The zero-order valence-corrected chi connectivity index (χ0v) is 5.87. The van der Waals surface area contributed by atoms with Crippen molar-refractivity contribution in [1.29, 1.82) is 0 Å². The van der Waals surface area contributed by atoms with Crippen molar-refractivity contribution in [3.05, 3.63) is 24.0 Å². The van der Waals surface area contributed by atoms with E-state index in [1.54, 1.807) is 25.2 Å². The molecule has 0 aromatic rings. The van der Waals surface area contributed by atoms with Crippen molar-refractivity contribution in [1.82, 2.24) is 0 Å². The van der Waals surface area contributed by atoms with Crippen molar-refractivity contribution in [2.75, 3.05) is 0 Å². The molecule has 0 aliphatic heterocycles. The number of carbonyl (C=O) groups excluding carboxylic acids is 1. The van der Waals surface area contributed by atoms with Gasteiger partial charge in [0.2, 0.25) is 0 Å². The number of hydrogen-bond acceptors (Lipinski definition) is 2. The van der Waals surface area contributed by atoms with Crippen LogP contribution in [0.4, 0.5) is 0 Å². The van der Waals surface area contributed by atoms with E-state index < -0.39 is 5.41 Å². The third kappa shape index (κ3) is 1.26. The van der Waals surface area contributed by atoms with Gasteiger partial charge in [-0.15, -0.1) is 0 Å². The van der Waals surface area contributed by atoms with Gasteiger partial charge in [0.1, 0.15) is 6.29 Å². The molecule has 0 saturated heterocycles. The Morgan fingerprint density at radius 3 is 2.90 bits per heavy atom. The van der Waals surface area contributed by atoms with E-state index in [-0.39, 0.29) is 5.76 Å². The molecule has 0 spiro atoms. The second-order valence-electron chi connectivity index (χ2n) is 2.82. The van der Waals surface area contributed by atoms with Crippen LogP contribution in [0.1, 0.15) is 13.3 Å². The minimum atomic E-state index is -0.487. The maximum atomic E-state index is 10.4. The average molecular weight is 138 g/mol. The maximum Gasteiger partial charge on any atom is 0.130 e. The Labute approximate surface area is 59.9 Å². The third-order valence-electron chi connectivity index (χ3n) is 1.60. The number of carbonyl (C=O) groups is 1. The van der Waals surface area contributed by atoms with E-state index in [1.807, 2.05) is 0 Å². The molecule has 0 aromatic heterocycles. The topological polar surface area (TPSA) is 37.3 Å². The highest BCUT2D eigenvalue weighted by Crippen LogP contribution is 2.27.